The Morgan fingerprint density at radius 2 is 1.87 bits per heavy atom. The Bertz CT molecular complexity index is 1520. The van der Waals surface area contributed by atoms with Gasteiger partial charge < -0.3 is 27.9 Å². The van der Waals surface area contributed by atoms with Crippen LogP contribution in [0.2, 0.25) is 5.02 Å². The van der Waals surface area contributed by atoms with E-state index in [9.17, 15) is 4.79 Å². The summed E-state index contributed by atoms with van der Waals surface area (Å²) in [5, 5.41) is 0.701. The highest BCUT2D eigenvalue weighted by atomic mass is 35.5. The summed E-state index contributed by atoms with van der Waals surface area (Å²) in [7, 11) is 0. The molecule has 0 fully saturated rings. The molecule has 0 radical (unpaired) electrons. The first-order valence-electron chi connectivity index (χ1n) is 12.9. The lowest BCUT2D eigenvalue weighted by Crippen LogP contribution is -2.23. The van der Waals surface area contributed by atoms with Gasteiger partial charge in [-0.05, 0) is 80.5 Å². The number of guanidine groups is 1. The van der Waals surface area contributed by atoms with Crippen LogP contribution < -0.4 is 28.6 Å². The molecular formula is C28H34ClFN8O. The van der Waals surface area contributed by atoms with Gasteiger partial charge in [-0.1, -0.05) is 23.7 Å². The van der Waals surface area contributed by atoms with Crippen molar-refractivity contribution in [1.82, 2.24) is 14.5 Å². The molecule has 0 unspecified atom stereocenters. The molecule has 0 spiro atoms. The van der Waals surface area contributed by atoms with E-state index in [1.54, 1.807) is 24.4 Å². The summed E-state index contributed by atoms with van der Waals surface area (Å²) in [6.45, 7) is 2.47. The molecular weight excluding hydrogens is 519 g/mol. The van der Waals surface area contributed by atoms with Crippen molar-refractivity contribution in [1.29, 1.82) is 0 Å². The van der Waals surface area contributed by atoms with Crippen molar-refractivity contribution in [2.75, 3.05) is 6.54 Å². The zero-order valence-corrected chi connectivity index (χ0v) is 22.6. The van der Waals surface area contributed by atoms with Gasteiger partial charge in [0.2, 0.25) is 0 Å². The zero-order valence-electron chi connectivity index (χ0n) is 21.8. The van der Waals surface area contributed by atoms with Gasteiger partial charge in [0, 0.05) is 35.8 Å². The van der Waals surface area contributed by atoms with E-state index in [4.69, 9.17) is 34.5 Å². The number of aliphatic imine (C=N–C) groups is 1. The van der Waals surface area contributed by atoms with Gasteiger partial charge in [-0.25, -0.2) is 9.18 Å². The number of benzene rings is 2. The van der Waals surface area contributed by atoms with Crippen LogP contribution in [0, 0.1) is 5.82 Å². The lowest BCUT2D eigenvalue weighted by molar-refractivity contribution is 0.618. The van der Waals surface area contributed by atoms with Crippen molar-refractivity contribution in [3.63, 3.8) is 0 Å². The topological polar surface area (TPSA) is 167 Å². The zero-order chi connectivity index (χ0) is 28.1. The minimum Gasteiger partial charge on any atom is -0.370 e. The Kier molecular flexibility index (Phi) is 9.01. The summed E-state index contributed by atoms with van der Waals surface area (Å²) in [5.41, 5.74) is 26.0. The van der Waals surface area contributed by atoms with Gasteiger partial charge in [0.25, 0.3) is 0 Å². The second-order valence-electron chi connectivity index (χ2n) is 9.84. The number of rotatable bonds is 11. The average molecular weight is 553 g/mol. The van der Waals surface area contributed by atoms with Gasteiger partial charge in [0.1, 0.15) is 5.65 Å². The second-order valence-corrected chi connectivity index (χ2v) is 10.2. The smallest absolute Gasteiger partial charge is 0.354 e. The third-order valence-corrected chi connectivity index (χ3v) is 6.85. The molecule has 9 nitrogen and oxygen atoms in total. The molecule has 4 rings (SSSR count). The maximum atomic E-state index is 15.0. The predicted molar refractivity (Wildman–Crippen MR) is 156 cm³/mol. The fourth-order valence-corrected chi connectivity index (χ4v) is 4.75. The number of aromatic nitrogens is 3. The molecule has 2 atom stereocenters. The predicted octanol–water partition coefficient (Wildman–Crippen LogP) is 3.90. The summed E-state index contributed by atoms with van der Waals surface area (Å²) in [6.07, 6.45) is 5.60. The Labute approximate surface area is 231 Å². The average Bonchev–Trinajstić information content (AvgIpc) is 3.30. The number of nitrogens with two attached hydrogens (primary N) is 4. The summed E-state index contributed by atoms with van der Waals surface area (Å²) < 4.78 is 16.5. The molecule has 2 aromatic heterocycles. The minimum absolute atomic E-state index is 0.0454. The highest BCUT2D eigenvalue weighted by Crippen LogP contribution is 2.31. The van der Waals surface area contributed by atoms with Gasteiger partial charge in [-0.15, -0.1) is 0 Å². The van der Waals surface area contributed by atoms with Gasteiger partial charge >= 0.3 is 5.69 Å². The van der Waals surface area contributed by atoms with E-state index in [-0.39, 0.29) is 23.1 Å². The van der Waals surface area contributed by atoms with E-state index < -0.39 is 11.5 Å². The Morgan fingerprint density at radius 3 is 2.56 bits per heavy atom. The van der Waals surface area contributed by atoms with Crippen LogP contribution in [0.4, 0.5) is 4.39 Å². The normalized spacial score (nSPS) is 12.9. The number of hydrogen-bond acceptors (Lipinski definition) is 5. The molecule has 0 saturated carbocycles. The Hall–Kier alpha value is -3.73. The second kappa shape index (κ2) is 12.4. The van der Waals surface area contributed by atoms with Crippen LogP contribution in [0.1, 0.15) is 49.8 Å². The first-order valence-corrected chi connectivity index (χ1v) is 13.3. The summed E-state index contributed by atoms with van der Waals surface area (Å²) in [6, 6.07) is 12.5. The minimum atomic E-state index is -0.528. The van der Waals surface area contributed by atoms with Crippen molar-refractivity contribution < 1.29 is 4.39 Å². The van der Waals surface area contributed by atoms with E-state index in [0.717, 1.165) is 36.8 Å². The fraction of sp³-hybridized carbons (Fsp3) is 0.321. The summed E-state index contributed by atoms with van der Waals surface area (Å²) >= 11 is 6.21. The molecule has 2 heterocycles. The van der Waals surface area contributed by atoms with Crippen molar-refractivity contribution in [2.45, 2.75) is 51.1 Å². The third-order valence-electron chi connectivity index (χ3n) is 6.58. The molecule has 9 N–H and O–H groups in total. The molecule has 0 bridgehead atoms. The lowest BCUT2D eigenvalue weighted by atomic mass is 10.0. The molecule has 0 saturated heterocycles. The number of hydrogen-bond donors (Lipinski definition) is 5. The number of halogens is 2. The van der Waals surface area contributed by atoms with E-state index in [0.29, 0.717) is 40.9 Å². The molecule has 0 aliphatic carbocycles. The number of nitrogens with one attached hydrogen (secondary N) is 1. The van der Waals surface area contributed by atoms with E-state index >= 15 is 4.39 Å². The van der Waals surface area contributed by atoms with Crippen LogP contribution >= 0.6 is 11.6 Å². The summed E-state index contributed by atoms with van der Waals surface area (Å²) in [4.78, 5) is 24.1. The third kappa shape index (κ3) is 7.03. The number of nitrogens with zero attached hydrogens (tertiary/aromatic N) is 3. The highest BCUT2D eigenvalue weighted by molar-refractivity contribution is 6.31. The Morgan fingerprint density at radius 1 is 1.13 bits per heavy atom. The van der Waals surface area contributed by atoms with Crippen molar-refractivity contribution in [3.05, 3.63) is 81.1 Å². The van der Waals surface area contributed by atoms with E-state index in [1.165, 1.54) is 4.57 Å². The molecule has 0 aliphatic rings. The monoisotopic (exact) mass is 552 g/mol. The first-order chi connectivity index (χ1) is 18.6. The summed E-state index contributed by atoms with van der Waals surface area (Å²) in [5.74, 6) is -0.464. The standard InChI is InChI=1S/C28H34ClFN8O/c1-16(31)4-2-5-17-12-21(25(30)22(29)13-17)24-14-19-15-38(28(39)37-26(19)36-24)20-9-7-18(8-10-20)23(32)6-3-11-35-27(33)34/h7-10,12-16,23H,2-6,11,31-32H2,1H3,(H4,33,34,35)(H,36,37,39)/t16-,23-/m0/s1. The molecule has 2 aromatic carbocycles. The van der Waals surface area contributed by atoms with Crippen LogP contribution in [-0.4, -0.2) is 33.1 Å². The number of fused-ring (bicyclic) bond motifs is 1. The van der Waals surface area contributed by atoms with Crippen LogP contribution in [-0.2, 0) is 6.42 Å². The molecule has 4 aromatic rings. The number of aromatic amines is 1. The highest BCUT2D eigenvalue weighted by Gasteiger charge is 2.16. The van der Waals surface area contributed by atoms with Crippen LogP contribution in [0.5, 0.6) is 0 Å². The van der Waals surface area contributed by atoms with Gasteiger partial charge in [-0.2, -0.15) is 4.98 Å². The maximum Gasteiger partial charge on any atom is 0.354 e. The van der Waals surface area contributed by atoms with E-state index in [1.807, 2.05) is 31.2 Å². The van der Waals surface area contributed by atoms with Crippen molar-refractivity contribution in [3.8, 4) is 16.9 Å². The molecule has 11 heteroatoms. The van der Waals surface area contributed by atoms with Crippen molar-refractivity contribution >= 4 is 28.6 Å². The maximum absolute atomic E-state index is 15.0. The molecule has 39 heavy (non-hydrogen) atoms. The SMILES string of the molecule is C[C@H](N)CCCc1cc(Cl)c(F)c(-c2cc3cn(-c4ccc([C@@H](N)CCCN=C(N)N)cc4)c(=O)nc3[nH]2)c1. The van der Waals surface area contributed by atoms with E-state index in [2.05, 4.69) is 15.0 Å². The van der Waals surface area contributed by atoms with Crippen LogP contribution in [0.15, 0.2) is 58.4 Å². The largest absolute Gasteiger partial charge is 0.370 e. The number of H-pyrrole nitrogens is 1. The Balaban J connectivity index is 1.57. The van der Waals surface area contributed by atoms with Crippen LogP contribution in [0.3, 0.4) is 0 Å². The number of aryl methyl sites for hydroxylation is 1. The molecule has 0 amide bonds. The fourth-order valence-electron chi connectivity index (χ4n) is 4.51. The van der Waals surface area contributed by atoms with Gasteiger partial charge in [0.05, 0.1) is 16.4 Å². The molecule has 206 valence electrons. The lowest BCUT2D eigenvalue weighted by Gasteiger charge is -2.12. The van der Waals surface area contributed by atoms with Crippen molar-refractivity contribution in [2.24, 2.45) is 27.9 Å². The first kappa shape index (κ1) is 28.3. The van der Waals surface area contributed by atoms with Gasteiger partial charge in [0.15, 0.2) is 11.8 Å². The quantitative estimate of drug-likeness (QED) is 0.107. The van der Waals surface area contributed by atoms with Gasteiger partial charge in [-0.3, -0.25) is 9.56 Å². The van der Waals surface area contributed by atoms with Crippen LogP contribution in [0.25, 0.3) is 28.0 Å². The molecule has 0 aliphatic heterocycles.